The van der Waals surface area contributed by atoms with Gasteiger partial charge in [0, 0.05) is 50.1 Å². The molecule has 1 aliphatic rings. The molecule has 2 aromatic heterocycles. The molecule has 0 spiro atoms. The molecule has 2 amide bonds. The first-order chi connectivity index (χ1) is 15.6. The van der Waals surface area contributed by atoms with E-state index >= 15 is 0 Å². The molecule has 8 heteroatoms. The molecule has 0 bridgehead atoms. The van der Waals surface area contributed by atoms with E-state index in [1.54, 1.807) is 38.4 Å². The summed E-state index contributed by atoms with van der Waals surface area (Å²) in [6.07, 6.45) is 4.34. The zero-order valence-corrected chi connectivity index (χ0v) is 19.5. The summed E-state index contributed by atoms with van der Waals surface area (Å²) in [7, 11) is 1.58. The van der Waals surface area contributed by atoms with Crippen LogP contribution in [0, 0.1) is 24.7 Å². The first-order valence-corrected chi connectivity index (χ1v) is 10.8. The van der Waals surface area contributed by atoms with Crippen molar-refractivity contribution in [3.8, 4) is 5.75 Å². The zero-order valence-electron chi connectivity index (χ0n) is 19.5. The summed E-state index contributed by atoms with van der Waals surface area (Å²) in [4.78, 5) is 30.0. The van der Waals surface area contributed by atoms with Gasteiger partial charge in [0.1, 0.15) is 17.1 Å². The number of carbonyl (C=O) groups excluding carboxylic acids is 2. The lowest BCUT2D eigenvalue weighted by Crippen LogP contribution is -2.55. The van der Waals surface area contributed by atoms with Gasteiger partial charge in [0.2, 0.25) is 0 Å². The van der Waals surface area contributed by atoms with Gasteiger partial charge in [-0.05, 0) is 37.0 Å². The molecule has 1 fully saturated rings. The van der Waals surface area contributed by atoms with Gasteiger partial charge in [-0.25, -0.2) is 0 Å². The van der Waals surface area contributed by atoms with Gasteiger partial charge in [-0.3, -0.25) is 9.59 Å². The van der Waals surface area contributed by atoms with Crippen LogP contribution in [0.15, 0.2) is 34.9 Å². The number of aryl methyl sites for hydroxylation is 1. The van der Waals surface area contributed by atoms with Gasteiger partial charge in [-0.1, -0.05) is 13.8 Å². The number of fused-ring (bicyclic) bond motifs is 1. The maximum atomic E-state index is 12.9. The van der Waals surface area contributed by atoms with E-state index in [0.717, 1.165) is 24.9 Å². The van der Waals surface area contributed by atoms with Crippen LogP contribution in [0.3, 0.4) is 0 Å². The molecule has 1 aromatic carbocycles. The van der Waals surface area contributed by atoms with Crippen LogP contribution in [0.1, 0.15) is 51.6 Å². The minimum atomic E-state index is -0.214. The Balaban J connectivity index is 1.62. The van der Waals surface area contributed by atoms with E-state index in [0.29, 0.717) is 45.1 Å². The highest BCUT2D eigenvalue weighted by atomic mass is 16.5. The van der Waals surface area contributed by atoms with E-state index in [2.05, 4.69) is 24.1 Å². The quantitative estimate of drug-likeness (QED) is 0.386. The number of allylic oxidation sites excluding steroid dienone is 1. The molecule has 3 heterocycles. The van der Waals surface area contributed by atoms with Gasteiger partial charge in [0.25, 0.3) is 11.8 Å². The number of rotatable bonds is 6. The van der Waals surface area contributed by atoms with Crippen molar-refractivity contribution in [3.63, 3.8) is 0 Å². The number of ether oxygens (including phenoxy) is 1. The molecule has 0 saturated carbocycles. The number of amides is 2. The number of hydrogen-bond acceptors (Lipinski definition) is 5. The highest BCUT2D eigenvalue weighted by molar-refractivity contribution is 6.07. The summed E-state index contributed by atoms with van der Waals surface area (Å²) < 4.78 is 11.9. The Morgan fingerprint density at radius 2 is 2.00 bits per heavy atom. The van der Waals surface area contributed by atoms with Crippen LogP contribution in [0.25, 0.3) is 16.7 Å². The monoisotopic (exact) mass is 448 g/mol. The van der Waals surface area contributed by atoms with Gasteiger partial charge in [-0.15, -0.1) is 0 Å². The van der Waals surface area contributed by atoms with Crippen molar-refractivity contribution in [2.75, 3.05) is 20.1 Å². The van der Waals surface area contributed by atoms with Gasteiger partial charge in [0.15, 0.2) is 5.76 Å². The topological polar surface area (TPSA) is 111 Å². The van der Waals surface area contributed by atoms with Crippen LogP contribution in [0.4, 0.5) is 0 Å². The predicted octanol–water partition coefficient (Wildman–Crippen LogP) is 4.29. The fraction of sp³-hybridized carbons (Fsp3) is 0.320. The summed E-state index contributed by atoms with van der Waals surface area (Å²) in [5.41, 5.74) is 3.15. The number of hydrogen-bond donors (Lipinski definition) is 3. The molecular formula is C25H28N4O4. The lowest BCUT2D eigenvalue weighted by Gasteiger charge is -2.45. The minimum absolute atomic E-state index is 0.0160. The average molecular weight is 449 g/mol. The summed E-state index contributed by atoms with van der Waals surface area (Å²) in [6.45, 7) is 9.34. The second kappa shape index (κ2) is 8.27. The van der Waals surface area contributed by atoms with Crippen LogP contribution in [-0.4, -0.2) is 48.1 Å². The standard InChI is InChI=1S/C25H28N4O4/c1-14-18(24(31)29-12-25(3,4)13-29)11-28-22(14)19(8-9-26)33-16-6-7-17-20(10-16)32-15(2)21(17)23(30)27-5/h6-11,26,28H,12-13H2,1-5H3,(H,27,30)/b19-8+,26-9?. The average Bonchev–Trinajstić information content (AvgIpc) is 3.29. The molecule has 33 heavy (non-hydrogen) atoms. The third kappa shape index (κ3) is 4.04. The summed E-state index contributed by atoms with van der Waals surface area (Å²) in [5.74, 6) is 1.18. The van der Waals surface area contributed by atoms with E-state index in [-0.39, 0.29) is 17.2 Å². The second-order valence-electron chi connectivity index (χ2n) is 9.10. The van der Waals surface area contributed by atoms with Crippen LogP contribution in [0.2, 0.25) is 0 Å². The molecule has 3 N–H and O–H groups in total. The van der Waals surface area contributed by atoms with Crippen LogP contribution >= 0.6 is 0 Å². The van der Waals surface area contributed by atoms with Crippen molar-refractivity contribution < 1.29 is 18.7 Å². The van der Waals surface area contributed by atoms with Gasteiger partial charge < -0.3 is 29.8 Å². The predicted molar refractivity (Wildman–Crippen MR) is 127 cm³/mol. The Hall–Kier alpha value is -3.81. The second-order valence-corrected chi connectivity index (χ2v) is 9.10. The number of likely N-dealkylation sites (tertiary alicyclic amines) is 1. The molecule has 0 atom stereocenters. The van der Waals surface area contributed by atoms with Crippen LogP contribution in [-0.2, 0) is 0 Å². The van der Waals surface area contributed by atoms with Crippen molar-refractivity contribution >= 4 is 34.8 Å². The molecular weight excluding hydrogens is 420 g/mol. The van der Waals surface area contributed by atoms with Crippen molar-refractivity contribution in [1.82, 2.24) is 15.2 Å². The third-order valence-corrected chi connectivity index (χ3v) is 5.90. The largest absolute Gasteiger partial charge is 0.460 e. The molecule has 0 unspecified atom stereocenters. The normalized spacial score (nSPS) is 15.3. The maximum absolute atomic E-state index is 12.9. The van der Waals surface area contributed by atoms with Crippen molar-refractivity contribution in [3.05, 3.63) is 58.6 Å². The van der Waals surface area contributed by atoms with E-state index in [1.165, 1.54) is 6.08 Å². The summed E-state index contributed by atoms with van der Waals surface area (Å²) >= 11 is 0. The van der Waals surface area contributed by atoms with Gasteiger partial charge in [-0.2, -0.15) is 0 Å². The van der Waals surface area contributed by atoms with Gasteiger partial charge in [0.05, 0.1) is 16.8 Å². The molecule has 172 valence electrons. The molecule has 4 rings (SSSR count). The third-order valence-electron chi connectivity index (χ3n) is 5.90. The highest BCUT2D eigenvalue weighted by Crippen LogP contribution is 2.33. The number of carbonyl (C=O) groups is 2. The van der Waals surface area contributed by atoms with Crippen molar-refractivity contribution in [1.29, 1.82) is 5.41 Å². The zero-order chi connectivity index (χ0) is 23.9. The minimum Gasteiger partial charge on any atom is -0.460 e. The Morgan fingerprint density at radius 1 is 1.27 bits per heavy atom. The Labute approximate surface area is 192 Å². The molecule has 3 aromatic rings. The fourth-order valence-corrected chi connectivity index (χ4v) is 4.32. The number of nitrogens with one attached hydrogen (secondary N) is 3. The number of benzene rings is 1. The first-order valence-electron chi connectivity index (χ1n) is 10.8. The smallest absolute Gasteiger partial charge is 0.255 e. The van der Waals surface area contributed by atoms with Crippen molar-refractivity contribution in [2.24, 2.45) is 5.41 Å². The number of aromatic nitrogens is 1. The van der Waals surface area contributed by atoms with E-state index in [4.69, 9.17) is 14.6 Å². The Kier molecular flexibility index (Phi) is 5.61. The number of furan rings is 1. The molecule has 0 aliphatic carbocycles. The fourth-order valence-electron chi connectivity index (χ4n) is 4.32. The summed E-state index contributed by atoms with van der Waals surface area (Å²) in [5, 5.41) is 10.9. The SMILES string of the molecule is CNC(=O)c1c(C)oc2cc(O/C(=C/C=N)c3[nH]cc(C(=O)N4CC(C)(C)C4)c3C)ccc12. The number of H-pyrrole nitrogens is 1. The number of nitrogens with zero attached hydrogens (tertiary/aromatic N) is 1. The highest BCUT2D eigenvalue weighted by Gasteiger charge is 2.38. The van der Waals surface area contributed by atoms with Crippen LogP contribution < -0.4 is 10.1 Å². The Morgan fingerprint density at radius 3 is 2.64 bits per heavy atom. The molecule has 1 saturated heterocycles. The van der Waals surface area contributed by atoms with Crippen LogP contribution in [0.5, 0.6) is 5.75 Å². The van der Waals surface area contributed by atoms with Crippen molar-refractivity contribution in [2.45, 2.75) is 27.7 Å². The first kappa shape index (κ1) is 22.4. The molecule has 8 nitrogen and oxygen atoms in total. The van der Waals surface area contributed by atoms with E-state index < -0.39 is 0 Å². The molecule has 1 aliphatic heterocycles. The molecule has 0 radical (unpaired) electrons. The lowest BCUT2D eigenvalue weighted by molar-refractivity contribution is 0.0235. The maximum Gasteiger partial charge on any atom is 0.255 e. The van der Waals surface area contributed by atoms with E-state index in [1.807, 2.05) is 11.8 Å². The Bertz CT molecular complexity index is 1290. The lowest BCUT2D eigenvalue weighted by atomic mass is 9.84. The van der Waals surface area contributed by atoms with Gasteiger partial charge >= 0.3 is 0 Å². The van der Waals surface area contributed by atoms with E-state index in [9.17, 15) is 9.59 Å². The summed E-state index contributed by atoms with van der Waals surface area (Å²) in [6, 6.07) is 5.23. The number of aromatic amines is 1.